The Bertz CT molecular complexity index is 1180. The first-order chi connectivity index (χ1) is 30.4. The highest BCUT2D eigenvalue weighted by atomic mass is 31.2. The van der Waals surface area contributed by atoms with Gasteiger partial charge in [0, 0.05) is 12.8 Å². The van der Waals surface area contributed by atoms with Crippen molar-refractivity contribution in [2.24, 2.45) is 0 Å². The summed E-state index contributed by atoms with van der Waals surface area (Å²) < 4.78 is 30.1. The highest BCUT2D eigenvalue weighted by molar-refractivity contribution is 7.45. The number of hydrogen-bond acceptors (Lipinski definition) is 7. The minimum atomic E-state index is -4.69. The predicted octanol–water partition coefficient (Wildman–Crippen LogP) is 14.6. The van der Waals surface area contributed by atoms with Gasteiger partial charge in [0.1, 0.15) is 19.3 Å². The maximum Gasteiger partial charge on any atom is 0.306 e. The van der Waals surface area contributed by atoms with E-state index in [4.69, 9.17) is 13.8 Å². The maximum atomic E-state index is 13.4. The lowest BCUT2D eigenvalue weighted by molar-refractivity contribution is -0.870. The molecular weight excluding hydrogens is 808 g/mol. The summed E-state index contributed by atoms with van der Waals surface area (Å²) in [6, 6.07) is -0.894. The van der Waals surface area contributed by atoms with Crippen molar-refractivity contribution in [1.29, 1.82) is 0 Å². The Morgan fingerprint density at radius 3 is 1.41 bits per heavy atom. The standard InChI is InChI=1S/C53H101N2O7P/c1-7-10-13-16-19-22-25-27-30-32-35-38-41-44-51(62-53(57)46-43-40-37-34-29-24-21-18-15-12-9-3)50(49-61-63(58,59)60-48-47-55(4,5)6)54-52(56)45-42-39-36-33-31-28-26-23-20-17-14-11-8-2/h18,21,28,31,41,44,50-51H,7-17,19-20,22-27,29-30,32-40,42-43,45-49H2,1-6H3,(H-,54,56,58,59)/b21-18-,31-28-,44-41+. The van der Waals surface area contributed by atoms with Gasteiger partial charge in [0.25, 0.3) is 7.82 Å². The number of carbonyl (C=O) groups excluding carboxylic acids is 2. The van der Waals surface area contributed by atoms with Gasteiger partial charge in [-0.1, -0.05) is 186 Å². The third-order valence-corrected chi connectivity index (χ3v) is 12.5. The average molecular weight is 909 g/mol. The van der Waals surface area contributed by atoms with Gasteiger partial charge in [-0.15, -0.1) is 0 Å². The molecule has 0 saturated carbocycles. The molecule has 370 valence electrons. The molecular formula is C53H101N2O7P. The molecule has 10 heteroatoms. The third kappa shape index (κ3) is 45.2. The lowest BCUT2D eigenvalue weighted by Crippen LogP contribution is -2.47. The summed E-state index contributed by atoms with van der Waals surface area (Å²) in [5, 5.41) is 3.00. The normalized spacial score (nSPS) is 14.2. The van der Waals surface area contributed by atoms with E-state index in [0.717, 1.165) is 89.9 Å². The van der Waals surface area contributed by atoms with Crippen molar-refractivity contribution in [3.63, 3.8) is 0 Å². The van der Waals surface area contributed by atoms with Crippen LogP contribution in [0.5, 0.6) is 0 Å². The zero-order valence-electron chi connectivity index (χ0n) is 42.0. The number of nitrogens with one attached hydrogen (secondary N) is 1. The molecule has 0 aromatic carbocycles. The second kappa shape index (κ2) is 44.1. The van der Waals surface area contributed by atoms with Crippen LogP contribution in [-0.2, 0) is 27.9 Å². The average Bonchev–Trinajstić information content (AvgIpc) is 3.23. The van der Waals surface area contributed by atoms with E-state index in [2.05, 4.69) is 50.4 Å². The molecule has 3 atom stereocenters. The smallest absolute Gasteiger partial charge is 0.306 e. The van der Waals surface area contributed by atoms with Gasteiger partial charge < -0.3 is 28.5 Å². The van der Waals surface area contributed by atoms with E-state index >= 15 is 0 Å². The maximum absolute atomic E-state index is 13.4. The number of amides is 1. The Morgan fingerprint density at radius 2 is 0.937 bits per heavy atom. The van der Waals surface area contributed by atoms with Crippen molar-refractivity contribution in [1.82, 2.24) is 5.32 Å². The van der Waals surface area contributed by atoms with Crippen LogP contribution < -0.4 is 10.2 Å². The van der Waals surface area contributed by atoms with Crippen molar-refractivity contribution in [2.45, 2.75) is 251 Å². The highest BCUT2D eigenvalue weighted by Crippen LogP contribution is 2.38. The van der Waals surface area contributed by atoms with E-state index in [0.29, 0.717) is 23.9 Å². The fourth-order valence-corrected chi connectivity index (χ4v) is 8.10. The molecule has 0 radical (unpaired) electrons. The molecule has 1 N–H and O–H groups in total. The molecule has 0 aromatic rings. The number of likely N-dealkylation sites (N-methyl/N-ethyl adjacent to an activating group) is 1. The van der Waals surface area contributed by atoms with E-state index in [-0.39, 0.29) is 24.9 Å². The van der Waals surface area contributed by atoms with Gasteiger partial charge in [0.15, 0.2) is 0 Å². The van der Waals surface area contributed by atoms with Crippen LogP contribution >= 0.6 is 7.82 Å². The van der Waals surface area contributed by atoms with Crippen molar-refractivity contribution >= 4 is 19.7 Å². The molecule has 0 aliphatic heterocycles. The zero-order chi connectivity index (χ0) is 46.5. The van der Waals surface area contributed by atoms with E-state index < -0.39 is 26.6 Å². The first kappa shape index (κ1) is 61.2. The number of nitrogens with zero attached hydrogens (tertiary/aromatic N) is 1. The summed E-state index contributed by atoms with van der Waals surface area (Å²) in [7, 11) is 1.17. The summed E-state index contributed by atoms with van der Waals surface area (Å²) in [5.74, 6) is -0.569. The van der Waals surface area contributed by atoms with Crippen LogP contribution in [0.15, 0.2) is 36.5 Å². The van der Waals surface area contributed by atoms with Gasteiger partial charge >= 0.3 is 5.97 Å². The number of esters is 1. The summed E-state index contributed by atoms with van der Waals surface area (Å²) in [6.07, 6.45) is 49.6. The summed E-state index contributed by atoms with van der Waals surface area (Å²) in [4.78, 5) is 39.6. The van der Waals surface area contributed by atoms with Crippen LogP contribution in [0, 0.1) is 0 Å². The largest absolute Gasteiger partial charge is 0.756 e. The summed E-state index contributed by atoms with van der Waals surface area (Å²) >= 11 is 0. The van der Waals surface area contributed by atoms with E-state index in [1.807, 2.05) is 33.3 Å². The number of phosphoric ester groups is 1. The Morgan fingerprint density at radius 1 is 0.540 bits per heavy atom. The second-order valence-electron chi connectivity index (χ2n) is 19.0. The van der Waals surface area contributed by atoms with Crippen LogP contribution in [0.2, 0.25) is 0 Å². The molecule has 0 heterocycles. The van der Waals surface area contributed by atoms with Crippen LogP contribution in [0.4, 0.5) is 0 Å². The number of carbonyl (C=O) groups is 2. The first-order valence-corrected chi connectivity index (χ1v) is 27.8. The molecule has 0 aromatic heterocycles. The Kier molecular flexibility index (Phi) is 42.8. The molecule has 9 nitrogen and oxygen atoms in total. The molecule has 63 heavy (non-hydrogen) atoms. The number of quaternary nitrogens is 1. The van der Waals surface area contributed by atoms with Crippen LogP contribution in [-0.4, -0.2) is 69.4 Å². The summed E-state index contributed by atoms with van der Waals surface area (Å²) in [5.41, 5.74) is 0. The Hall–Kier alpha value is -1.77. The number of hydrogen-bond donors (Lipinski definition) is 1. The highest BCUT2D eigenvalue weighted by Gasteiger charge is 2.27. The number of rotatable bonds is 47. The van der Waals surface area contributed by atoms with Gasteiger partial charge in [-0.3, -0.25) is 14.2 Å². The van der Waals surface area contributed by atoms with Crippen LogP contribution in [0.25, 0.3) is 0 Å². The molecule has 0 aliphatic carbocycles. The van der Waals surface area contributed by atoms with Crippen molar-refractivity contribution < 1.29 is 37.3 Å². The van der Waals surface area contributed by atoms with E-state index in [9.17, 15) is 19.0 Å². The number of phosphoric acid groups is 1. The first-order valence-electron chi connectivity index (χ1n) is 26.3. The van der Waals surface area contributed by atoms with Crippen LogP contribution in [0.1, 0.15) is 239 Å². The molecule has 0 fully saturated rings. The molecule has 0 bridgehead atoms. The van der Waals surface area contributed by atoms with Gasteiger partial charge in [0.05, 0.1) is 33.8 Å². The Balaban J connectivity index is 5.47. The van der Waals surface area contributed by atoms with Crippen LogP contribution in [0.3, 0.4) is 0 Å². The molecule has 0 spiro atoms. The van der Waals surface area contributed by atoms with Gasteiger partial charge in [-0.25, -0.2) is 0 Å². The number of unbranched alkanes of at least 4 members (excludes halogenated alkanes) is 27. The fourth-order valence-electron chi connectivity index (χ4n) is 7.38. The lowest BCUT2D eigenvalue weighted by Gasteiger charge is -2.30. The Labute approximate surface area is 389 Å². The van der Waals surface area contributed by atoms with Gasteiger partial charge in [0.2, 0.25) is 5.91 Å². The minimum absolute atomic E-state index is 0.0253. The fraction of sp³-hybridized carbons (Fsp3) is 0.849. The van der Waals surface area contributed by atoms with E-state index in [1.54, 1.807) is 0 Å². The van der Waals surface area contributed by atoms with E-state index in [1.165, 1.54) is 109 Å². The SMILES string of the molecule is CCCC/C=C\CCCCCCCC(=O)OC(/C=C/CCCCCCCCCCCCC)C(COP(=O)([O-])OCC[N+](C)(C)C)NC(=O)CCCCC/C=C\CCCCCCCC. The van der Waals surface area contributed by atoms with Gasteiger partial charge in [-0.05, 0) is 76.7 Å². The number of ether oxygens (including phenoxy) is 1. The summed E-state index contributed by atoms with van der Waals surface area (Å²) in [6.45, 7) is 6.77. The topological polar surface area (TPSA) is 114 Å². The second-order valence-corrected chi connectivity index (χ2v) is 20.4. The monoisotopic (exact) mass is 909 g/mol. The van der Waals surface area contributed by atoms with Crippen molar-refractivity contribution in [2.75, 3.05) is 40.9 Å². The third-order valence-electron chi connectivity index (χ3n) is 11.5. The minimum Gasteiger partial charge on any atom is -0.756 e. The number of allylic oxidation sites excluding steroid dienone is 5. The quantitative estimate of drug-likeness (QED) is 0.0213. The molecule has 0 rings (SSSR count). The zero-order valence-corrected chi connectivity index (χ0v) is 42.9. The molecule has 3 unspecified atom stereocenters. The van der Waals surface area contributed by atoms with Gasteiger partial charge in [-0.2, -0.15) is 0 Å². The molecule has 0 saturated heterocycles. The molecule has 1 amide bonds. The molecule has 0 aliphatic rings. The lowest BCUT2D eigenvalue weighted by atomic mass is 10.0. The van der Waals surface area contributed by atoms with Crippen molar-refractivity contribution in [3.8, 4) is 0 Å². The predicted molar refractivity (Wildman–Crippen MR) is 266 cm³/mol. The van der Waals surface area contributed by atoms with Crippen molar-refractivity contribution in [3.05, 3.63) is 36.5 Å².